The molecule has 0 saturated heterocycles. The van der Waals surface area contributed by atoms with Crippen LogP contribution >= 0.6 is 27.5 Å². The molecule has 0 aromatic heterocycles. The molecule has 2 aromatic rings. The highest BCUT2D eigenvalue weighted by molar-refractivity contribution is 9.10. The van der Waals surface area contributed by atoms with Gasteiger partial charge < -0.3 is 18.9 Å². The average Bonchev–Trinajstić information content (AvgIpc) is 2.86. The number of hydrogen-bond acceptors (Lipinski definition) is 5. The number of carbonyl (C=O) groups excluding carboxylic acids is 1. The average molecular weight is 428 g/mol. The largest absolute Gasteiger partial charge is 0.497 e. The lowest BCUT2D eigenvalue weighted by atomic mass is 10.2. The highest BCUT2D eigenvalue weighted by Gasteiger charge is 2.17. The molecular weight excluding hydrogens is 412 g/mol. The predicted molar refractivity (Wildman–Crippen MR) is 96.9 cm³/mol. The Balaban J connectivity index is 1.74. The van der Waals surface area contributed by atoms with Gasteiger partial charge in [0.05, 0.1) is 30.9 Å². The zero-order valence-corrected chi connectivity index (χ0v) is 15.9. The Morgan fingerprint density at radius 3 is 2.84 bits per heavy atom. The Kier molecular flexibility index (Phi) is 5.71. The summed E-state index contributed by atoms with van der Waals surface area (Å²) in [5.74, 6) is 1.21. The van der Waals surface area contributed by atoms with Crippen LogP contribution in [0, 0.1) is 0 Å². The lowest BCUT2D eigenvalue weighted by Crippen LogP contribution is -2.07. The Morgan fingerprint density at radius 2 is 2.04 bits per heavy atom. The second kappa shape index (κ2) is 7.97. The molecule has 0 N–H and O–H groups in total. The standard InChI is InChI=1S/C18H16BrClO5/c1-22-12-3-4-14(19)13(9-12)18(21)25-10-11-7-15(20)17-16(8-11)23-5-2-6-24-17/h3-4,7-9H,2,5-6,10H2,1H3. The SMILES string of the molecule is COc1ccc(Br)c(C(=O)OCc2cc(Cl)c3c(c2)OCCCO3)c1. The van der Waals surface area contributed by atoms with Gasteiger partial charge in [-0.25, -0.2) is 4.79 Å². The number of ether oxygens (including phenoxy) is 4. The molecule has 25 heavy (non-hydrogen) atoms. The smallest absolute Gasteiger partial charge is 0.339 e. The van der Waals surface area contributed by atoms with Crippen molar-refractivity contribution in [1.82, 2.24) is 0 Å². The lowest BCUT2D eigenvalue weighted by Gasteiger charge is -2.12. The normalized spacial score (nSPS) is 13.1. The van der Waals surface area contributed by atoms with E-state index < -0.39 is 5.97 Å². The Morgan fingerprint density at radius 1 is 1.24 bits per heavy atom. The second-order valence-corrected chi connectivity index (χ2v) is 6.64. The van der Waals surface area contributed by atoms with Crippen LogP contribution in [0.3, 0.4) is 0 Å². The number of methoxy groups -OCH3 is 1. The van der Waals surface area contributed by atoms with Gasteiger partial charge in [0.1, 0.15) is 12.4 Å². The highest BCUT2D eigenvalue weighted by atomic mass is 79.9. The summed E-state index contributed by atoms with van der Waals surface area (Å²) in [6.45, 7) is 1.19. The molecule has 2 aromatic carbocycles. The molecule has 0 amide bonds. The minimum absolute atomic E-state index is 0.0683. The van der Waals surface area contributed by atoms with Crippen LogP contribution in [0.5, 0.6) is 17.2 Å². The summed E-state index contributed by atoms with van der Waals surface area (Å²) in [5, 5.41) is 0.438. The van der Waals surface area contributed by atoms with Gasteiger partial charge in [0.2, 0.25) is 0 Å². The molecule has 5 nitrogen and oxygen atoms in total. The molecule has 0 bridgehead atoms. The van der Waals surface area contributed by atoms with Crippen LogP contribution in [-0.4, -0.2) is 26.3 Å². The van der Waals surface area contributed by atoms with Crippen molar-refractivity contribution in [3.05, 3.63) is 51.0 Å². The summed E-state index contributed by atoms with van der Waals surface area (Å²) < 4.78 is 22.4. The first-order valence-electron chi connectivity index (χ1n) is 7.67. The zero-order valence-electron chi connectivity index (χ0n) is 13.5. The maximum Gasteiger partial charge on any atom is 0.339 e. The fraction of sp³-hybridized carbons (Fsp3) is 0.278. The molecule has 0 aliphatic carbocycles. The molecule has 0 saturated carbocycles. The van der Waals surface area contributed by atoms with Crippen molar-refractivity contribution < 1.29 is 23.7 Å². The quantitative estimate of drug-likeness (QED) is 0.666. The first-order valence-corrected chi connectivity index (χ1v) is 8.84. The van der Waals surface area contributed by atoms with E-state index in [-0.39, 0.29) is 6.61 Å². The summed E-state index contributed by atoms with van der Waals surface area (Å²) in [5.41, 5.74) is 1.11. The minimum Gasteiger partial charge on any atom is -0.497 e. The van der Waals surface area contributed by atoms with Crippen molar-refractivity contribution in [2.24, 2.45) is 0 Å². The molecular formula is C18H16BrClO5. The Labute approximate surface area is 158 Å². The lowest BCUT2D eigenvalue weighted by molar-refractivity contribution is 0.0471. The molecule has 1 aliphatic heterocycles. The van der Waals surface area contributed by atoms with Crippen molar-refractivity contribution in [2.75, 3.05) is 20.3 Å². The maximum absolute atomic E-state index is 12.3. The molecule has 0 atom stereocenters. The van der Waals surface area contributed by atoms with Gasteiger partial charge in [-0.1, -0.05) is 11.6 Å². The molecule has 0 unspecified atom stereocenters. The maximum atomic E-state index is 12.3. The van der Waals surface area contributed by atoms with Crippen LogP contribution < -0.4 is 14.2 Å². The van der Waals surface area contributed by atoms with Crippen molar-refractivity contribution in [3.8, 4) is 17.2 Å². The van der Waals surface area contributed by atoms with Gasteiger partial charge in [-0.05, 0) is 51.8 Å². The number of halogens is 2. The Hall–Kier alpha value is -1.92. The first kappa shape index (κ1) is 17.9. The molecule has 3 rings (SSSR count). The third kappa shape index (κ3) is 4.19. The van der Waals surface area contributed by atoms with E-state index in [2.05, 4.69) is 15.9 Å². The third-order valence-corrected chi connectivity index (χ3v) is 4.60. The van der Waals surface area contributed by atoms with Gasteiger partial charge >= 0.3 is 5.97 Å². The van der Waals surface area contributed by atoms with Gasteiger partial charge in [-0.3, -0.25) is 0 Å². The first-order chi connectivity index (χ1) is 12.1. The zero-order chi connectivity index (χ0) is 17.8. The van der Waals surface area contributed by atoms with Gasteiger partial charge in [0.15, 0.2) is 11.5 Å². The molecule has 0 fully saturated rings. The van der Waals surface area contributed by atoms with E-state index in [1.54, 1.807) is 30.3 Å². The predicted octanol–water partition coefficient (Wildman–Crippen LogP) is 4.63. The van der Waals surface area contributed by atoms with E-state index >= 15 is 0 Å². The number of fused-ring (bicyclic) bond motifs is 1. The fourth-order valence-electron chi connectivity index (χ4n) is 2.38. The summed E-state index contributed by atoms with van der Waals surface area (Å²) >= 11 is 9.59. The summed E-state index contributed by atoms with van der Waals surface area (Å²) in [7, 11) is 1.54. The Bertz CT molecular complexity index is 793. The van der Waals surface area contributed by atoms with Crippen LogP contribution in [-0.2, 0) is 11.3 Å². The second-order valence-electron chi connectivity index (χ2n) is 5.38. The van der Waals surface area contributed by atoms with Gasteiger partial charge in [0, 0.05) is 10.9 Å². The van der Waals surface area contributed by atoms with Gasteiger partial charge in [-0.15, -0.1) is 0 Å². The molecule has 1 heterocycles. The summed E-state index contributed by atoms with van der Waals surface area (Å²) in [6.07, 6.45) is 0.791. The van der Waals surface area contributed by atoms with E-state index in [0.29, 0.717) is 45.5 Å². The van der Waals surface area contributed by atoms with Crippen molar-refractivity contribution >= 4 is 33.5 Å². The third-order valence-electron chi connectivity index (χ3n) is 3.63. The van der Waals surface area contributed by atoms with Crippen molar-refractivity contribution in [1.29, 1.82) is 0 Å². The van der Waals surface area contributed by atoms with Crippen LogP contribution in [0.15, 0.2) is 34.8 Å². The summed E-state index contributed by atoms with van der Waals surface area (Å²) in [4.78, 5) is 12.3. The molecule has 132 valence electrons. The molecule has 1 aliphatic rings. The van der Waals surface area contributed by atoms with Crippen LogP contribution in [0.25, 0.3) is 0 Å². The van der Waals surface area contributed by atoms with Gasteiger partial charge in [0.25, 0.3) is 0 Å². The number of esters is 1. The minimum atomic E-state index is -0.464. The van der Waals surface area contributed by atoms with E-state index in [0.717, 1.165) is 12.0 Å². The molecule has 0 spiro atoms. The number of rotatable bonds is 4. The monoisotopic (exact) mass is 426 g/mol. The number of carbonyl (C=O) groups is 1. The topological polar surface area (TPSA) is 54.0 Å². The van der Waals surface area contributed by atoms with Crippen LogP contribution in [0.1, 0.15) is 22.3 Å². The molecule has 0 radical (unpaired) electrons. The highest BCUT2D eigenvalue weighted by Crippen LogP contribution is 2.38. The van der Waals surface area contributed by atoms with Crippen molar-refractivity contribution in [2.45, 2.75) is 13.0 Å². The number of hydrogen-bond donors (Lipinski definition) is 0. The van der Waals surface area contributed by atoms with Gasteiger partial charge in [-0.2, -0.15) is 0 Å². The van der Waals surface area contributed by atoms with Crippen molar-refractivity contribution in [3.63, 3.8) is 0 Å². The van der Waals surface area contributed by atoms with E-state index in [4.69, 9.17) is 30.5 Å². The fourth-order valence-corrected chi connectivity index (χ4v) is 3.08. The van der Waals surface area contributed by atoms with E-state index in [1.807, 2.05) is 0 Å². The summed E-state index contributed by atoms with van der Waals surface area (Å²) in [6, 6.07) is 8.60. The molecule has 7 heteroatoms. The van der Waals surface area contributed by atoms with Crippen LogP contribution in [0.4, 0.5) is 0 Å². The van der Waals surface area contributed by atoms with E-state index in [1.165, 1.54) is 7.11 Å². The number of benzene rings is 2. The van der Waals surface area contributed by atoms with Crippen LogP contribution in [0.2, 0.25) is 5.02 Å². The van der Waals surface area contributed by atoms with E-state index in [9.17, 15) is 4.79 Å².